The SMILES string of the molecule is CC1(C)Oc2cc3c(cc2NC1=O)nc(NC(=O)c1ccc(-c2cn[nH]c2)s1)n3CCCN1CCCC1=O. The number of anilines is 2. The van der Waals surface area contributed by atoms with Crippen molar-refractivity contribution in [3.05, 3.63) is 41.5 Å². The molecule has 1 aromatic carbocycles. The first-order valence-corrected chi connectivity index (χ1v) is 13.3. The largest absolute Gasteiger partial charge is 0.476 e. The van der Waals surface area contributed by atoms with Crippen LogP contribution in [0.1, 0.15) is 42.8 Å². The lowest BCUT2D eigenvalue weighted by Gasteiger charge is -2.31. The van der Waals surface area contributed by atoms with Crippen molar-refractivity contribution in [2.75, 3.05) is 23.7 Å². The van der Waals surface area contributed by atoms with Crippen LogP contribution in [0, 0.1) is 0 Å². The third-order valence-corrected chi connectivity index (χ3v) is 7.96. The fourth-order valence-corrected chi connectivity index (χ4v) is 5.66. The molecular weight excluding hydrogens is 506 g/mol. The Kier molecular flexibility index (Phi) is 5.90. The summed E-state index contributed by atoms with van der Waals surface area (Å²) in [5, 5.41) is 12.6. The van der Waals surface area contributed by atoms with E-state index in [1.807, 2.05) is 21.6 Å². The normalized spacial score (nSPS) is 16.4. The molecule has 3 aromatic heterocycles. The molecule has 0 aliphatic carbocycles. The molecule has 0 radical (unpaired) electrons. The van der Waals surface area contributed by atoms with Crippen LogP contribution in [0.25, 0.3) is 21.5 Å². The number of aryl methyl sites for hydroxylation is 1. The van der Waals surface area contributed by atoms with E-state index in [4.69, 9.17) is 9.72 Å². The number of likely N-dealkylation sites (tertiary alicyclic amines) is 1. The molecule has 196 valence electrons. The van der Waals surface area contributed by atoms with Crippen molar-refractivity contribution in [2.24, 2.45) is 0 Å². The fraction of sp³-hybridized carbons (Fsp3) is 0.346. The molecule has 2 aliphatic rings. The number of carbonyl (C=O) groups is 3. The van der Waals surface area contributed by atoms with E-state index in [-0.39, 0.29) is 17.7 Å². The van der Waals surface area contributed by atoms with Crippen LogP contribution in [0.3, 0.4) is 0 Å². The summed E-state index contributed by atoms with van der Waals surface area (Å²) in [5.74, 6) is 0.605. The summed E-state index contributed by atoms with van der Waals surface area (Å²) in [7, 11) is 0. The maximum atomic E-state index is 13.2. The number of thiophene rings is 1. The van der Waals surface area contributed by atoms with E-state index in [9.17, 15) is 14.4 Å². The monoisotopic (exact) mass is 533 g/mol. The minimum absolute atomic E-state index is 0.181. The second kappa shape index (κ2) is 9.28. The molecule has 11 nitrogen and oxygen atoms in total. The van der Waals surface area contributed by atoms with Crippen molar-refractivity contribution in [1.82, 2.24) is 24.6 Å². The van der Waals surface area contributed by atoms with Gasteiger partial charge in [-0.1, -0.05) is 0 Å². The minimum atomic E-state index is -1.01. The van der Waals surface area contributed by atoms with Crippen LogP contribution >= 0.6 is 11.3 Å². The number of nitrogens with one attached hydrogen (secondary N) is 3. The van der Waals surface area contributed by atoms with Crippen molar-refractivity contribution in [3.8, 4) is 16.2 Å². The molecule has 12 heteroatoms. The number of carbonyl (C=O) groups excluding carboxylic acids is 3. The molecular formula is C26H27N7O4S. The molecule has 0 atom stereocenters. The lowest BCUT2D eigenvalue weighted by atomic mass is 10.1. The lowest BCUT2D eigenvalue weighted by molar-refractivity contribution is -0.129. The van der Waals surface area contributed by atoms with Gasteiger partial charge < -0.3 is 19.5 Å². The van der Waals surface area contributed by atoms with E-state index in [0.29, 0.717) is 53.7 Å². The van der Waals surface area contributed by atoms with Crippen LogP contribution in [0.15, 0.2) is 36.7 Å². The van der Waals surface area contributed by atoms with Gasteiger partial charge in [0.25, 0.3) is 11.8 Å². The molecule has 3 N–H and O–H groups in total. The summed E-state index contributed by atoms with van der Waals surface area (Å²) in [6.45, 7) is 5.37. The number of hydrogen-bond acceptors (Lipinski definition) is 7. The molecule has 0 spiro atoms. The summed E-state index contributed by atoms with van der Waals surface area (Å²) in [6.07, 6.45) is 5.68. The third kappa shape index (κ3) is 4.40. The van der Waals surface area contributed by atoms with Gasteiger partial charge in [0.15, 0.2) is 5.60 Å². The topological polar surface area (TPSA) is 134 Å². The Balaban J connectivity index is 1.31. The standard InChI is InChI=1S/C26H27N7O4S/c1-26(2)24(36)29-17-11-16-18(12-19(17)37-26)33(10-4-9-32-8-3-5-22(32)34)25(30-16)31-23(35)21-7-6-20(38-21)15-13-27-28-14-15/h6-7,11-14H,3-5,8-10H2,1-2H3,(H,27,28)(H,29,36)(H,30,31,35). The molecule has 4 aromatic rings. The number of aromatic amines is 1. The van der Waals surface area contributed by atoms with Gasteiger partial charge in [-0.25, -0.2) is 4.98 Å². The van der Waals surface area contributed by atoms with Gasteiger partial charge in [-0.3, -0.25) is 24.8 Å². The van der Waals surface area contributed by atoms with Crippen LogP contribution in [0.4, 0.5) is 11.6 Å². The van der Waals surface area contributed by atoms with E-state index in [2.05, 4.69) is 20.8 Å². The minimum Gasteiger partial charge on any atom is -0.476 e. The van der Waals surface area contributed by atoms with E-state index in [1.54, 1.807) is 38.4 Å². The number of benzene rings is 1. The lowest BCUT2D eigenvalue weighted by Crippen LogP contribution is -2.45. The van der Waals surface area contributed by atoms with Gasteiger partial charge in [0.05, 0.1) is 27.8 Å². The van der Waals surface area contributed by atoms with Crippen molar-refractivity contribution >= 4 is 51.7 Å². The molecule has 0 bridgehead atoms. The van der Waals surface area contributed by atoms with Crippen LogP contribution in [-0.2, 0) is 16.1 Å². The molecule has 38 heavy (non-hydrogen) atoms. The molecule has 0 unspecified atom stereocenters. The van der Waals surface area contributed by atoms with Gasteiger partial charge >= 0.3 is 0 Å². The van der Waals surface area contributed by atoms with Gasteiger partial charge in [-0.15, -0.1) is 11.3 Å². The first-order valence-electron chi connectivity index (χ1n) is 12.5. The molecule has 0 saturated carbocycles. The Labute approximate surface area is 222 Å². The number of H-pyrrole nitrogens is 1. The van der Waals surface area contributed by atoms with E-state index < -0.39 is 5.60 Å². The van der Waals surface area contributed by atoms with Crippen LogP contribution in [0.5, 0.6) is 5.75 Å². The molecule has 5 heterocycles. The molecule has 1 saturated heterocycles. The predicted molar refractivity (Wildman–Crippen MR) is 143 cm³/mol. The molecule has 6 rings (SSSR count). The van der Waals surface area contributed by atoms with Crippen LogP contribution in [-0.4, -0.2) is 61.1 Å². The Hall–Kier alpha value is -4.19. The van der Waals surface area contributed by atoms with Gasteiger partial charge in [-0.05, 0) is 44.9 Å². The number of nitrogens with zero attached hydrogens (tertiary/aromatic N) is 4. The van der Waals surface area contributed by atoms with E-state index in [1.165, 1.54) is 11.3 Å². The summed E-state index contributed by atoms with van der Waals surface area (Å²) in [6, 6.07) is 7.27. The zero-order valence-corrected chi connectivity index (χ0v) is 21.9. The highest BCUT2D eigenvalue weighted by Gasteiger charge is 2.36. The van der Waals surface area contributed by atoms with Gasteiger partial charge in [-0.2, -0.15) is 5.10 Å². The number of amides is 3. The number of fused-ring (bicyclic) bond motifs is 2. The first kappa shape index (κ1) is 24.2. The average Bonchev–Trinajstić information content (AvgIpc) is 3.67. The van der Waals surface area contributed by atoms with Crippen molar-refractivity contribution in [2.45, 2.75) is 45.3 Å². The summed E-state index contributed by atoms with van der Waals surface area (Å²) >= 11 is 1.37. The Morgan fingerprint density at radius 3 is 2.87 bits per heavy atom. The average molecular weight is 534 g/mol. The molecule has 3 amide bonds. The maximum Gasteiger partial charge on any atom is 0.268 e. The highest BCUT2D eigenvalue weighted by Crippen LogP contribution is 2.38. The van der Waals surface area contributed by atoms with Gasteiger partial charge in [0, 0.05) is 48.8 Å². The highest BCUT2D eigenvalue weighted by molar-refractivity contribution is 7.17. The van der Waals surface area contributed by atoms with E-state index >= 15 is 0 Å². The first-order chi connectivity index (χ1) is 18.3. The quantitative estimate of drug-likeness (QED) is 0.330. The Morgan fingerprint density at radius 1 is 1.24 bits per heavy atom. The summed E-state index contributed by atoms with van der Waals surface area (Å²) in [4.78, 5) is 45.8. The Morgan fingerprint density at radius 2 is 2.11 bits per heavy atom. The molecule has 2 aliphatic heterocycles. The summed E-state index contributed by atoms with van der Waals surface area (Å²) in [5.41, 5.74) is 1.82. The molecule has 1 fully saturated rings. The van der Waals surface area contributed by atoms with Gasteiger partial charge in [0.2, 0.25) is 11.9 Å². The number of hydrogen-bond donors (Lipinski definition) is 3. The van der Waals surface area contributed by atoms with Crippen LogP contribution in [0.2, 0.25) is 0 Å². The van der Waals surface area contributed by atoms with E-state index in [0.717, 1.165) is 28.9 Å². The zero-order valence-electron chi connectivity index (χ0n) is 21.0. The third-order valence-electron chi connectivity index (χ3n) is 6.83. The van der Waals surface area contributed by atoms with Crippen molar-refractivity contribution in [1.29, 1.82) is 0 Å². The second-order valence-corrected chi connectivity index (χ2v) is 11.0. The highest BCUT2D eigenvalue weighted by atomic mass is 32.1. The number of ether oxygens (including phenoxy) is 1. The van der Waals surface area contributed by atoms with Gasteiger partial charge in [0.1, 0.15) is 5.75 Å². The van der Waals surface area contributed by atoms with Crippen molar-refractivity contribution < 1.29 is 19.1 Å². The number of aromatic nitrogens is 4. The van der Waals surface area contributed by atoms with Crippen molar-refractivity contribution in [3.63, 3.8) is 0 Å². The number of imidazole rings is 1. The predicted octanol–water partition coefficient (Wildman–Crippen LogP) is 3.86. The Bertz CT molecular complexity index is 1550. The zero-order chi connectivity index (χ0) is 26.4. The fourth-order valence-electron chi connectivity index (χ4n) is 4.77. The summed E-state index contributed by atoms with van der Waals surface area (Å²) < 4.78 is 7.93. The maximum absolute atomic E-state index is 13.2. The second-order valence-electron chi connectivity index (χ2n) is 9.93. The smallest absolute Gasteiger partial charge is 0.268 e. The number of rotatable bonds is 7. The van der Waals surface area contributed by atoms with Crippen LogP contribution < -0.4 is 15.4 Å².